The molecule has 1 aromatic heterocycles. The van der Waals surface area contributed by atoms with Crippen molar-refractivity contribution in [2.75, 3.05) is 25.0 Å². The molecule has 12 heteroatoms. The maximum atomic E-state index is 13.7. The molecule has 0 radical (unpaired) electrons. The second-order valence-corrected chi connectivity index (χ2v) is 14.8. The number of carbonyl (C=O) groups is 2. The molecule has 11 nitrogen and oxygen atoms in total. The van der Waals surface area contributed by atoms with Crippen LogP contribution < -0.4 is 22.1 Å². The van der Waals surface area contributed by atoms with Gasteiger partial charge >= 0.3 is 5.69 Å². The maximum Gasteiger partial charge on any atom is 0.323 e. The summed E-state index contributed by atoms with van der Waals surface area (Å²) in [5, 5.41) is 5.93. The van der Waals surface area contributed by atoms with Crippen molar-refractivity contribution in [1.82, 2.24) is 19.6 Å². The Morgan fingerprint density at radius 1 is 0.936 bits per heavy atom. The van der Waals surface area contributed by atoms with Gasteiger partial charge in [-0.15, -0.1) is 0 Å². The number of fused-ring (bicyclic) bond motifs is 1. The first-order valence-electron chi connectivity index (χ1n) is 16.3. The van der Waals surface area contributed by atoms with Crippen LogP contribution in [0.3, 0.4) is 0 Å². The molecule has 6 rings (SSSR count). The van der Waals surface area contributed by atoms with Crippen LogP contribution in [0, 0.1) is 18.8 Å². The van der Waals surface area contributed by atoms with Gasteiger partial charge in [-0.25, -0.2) is 13.2 Å². The summed E-state index contributed by atoms with van der Waals surface area (Å²) in [6.07, 6.45) is 5.25. The zero-order valence-electron chi connectivity index (χ0n) is 26.6. The van der Waals surface area contributed by atoms with Crippen LogP contribution in [0.15, 0.2) is 70.4 Å². The van der Waals surface area contributed by atoms with Gasteiger partial charge in [-0.05, 0) is 110 Å². The highest BCUT2D eigenvalue weighted by Crippen LogP contribution is 2.30. The predicted molar refractivity (Wildman–Crippen MR) is 182 cm³/mol. The van der Waals surface area contributed by atoms with Crippen molar-refractivity contribution >= 4 is 38.6 Å². The number of nitrogens with one attached hydrogen (secondary N) is 4. The van der Waals surface area contributed by atoms with Crippen molar-refractivity contribution in [3.05, 3.63) is 82.3 Å². The molecule has 1 aliphatic heterocycles. The van der Waals surface area contributed by atoms with Gasteiger partial charge in [0.25, 0.3) is 0 Å². The van der Waals surface area contributed by atoms with E-state index in [1.165, 1.54) is 0 Å². The molecule has 1 saturated heterocycles. The Hall–Kier alpha value is -4.26. The highest BCUT2D eigenvalue weighted by Gasteiger charge is 2.30. The van der Waals surface area contributed by atoms with Crippen LogP contribution in [0.5, 0.6) is 0 Å². The Bertz CT molecular complexity index is 1920. The van der Waals surface area contributed by atoms with E-state index in [0.29, 0.717) is 42.3 Å². The zero-order chi connectivity index (χ0) is 33.1. The average molecular weight is 659 g/mol. The van der Waals surface area contributed by atoms with E-state index in [2.05, 4.69) is 20.6 Å². The minimum absolute atomic E-state index is 0.144. The van der Waals surface area contributed by atoms with Crippen LogP contribution in [-0.2, 0) is 26.0 Å². The molecule has 2 aliphatic rings. The number of hydrogen-bond donors (Lipinski definition) is 5. The number of hydrogen-bond acceptors (Lipinski definition) is 6. The summed E-state index contributed by atoms with van der Waals surface area (Å²) in [5.74, 6) is -0.264. The summed E-state index contributed by atoms with van der Waals surface area (Å²) in [4.78, 5) is 44.4. The van der Waals surface area contributed by atoms with Crippen LogP contribution in [0.4, 0.5) is 5.69 Å². The molecule has 47 heavy (non-hydrogen) atoms. The lowest BCUT2D eigenvalue weighted by Crippen LogP contribution is -2.48. The van der Waals surface area contributed by atoms with Crippen molar-refractivity contribution in [2.45, 2.75) is 62.8 Å². The van der Waals surface area contributed by atoms with Gasteiger partial charge in [0, 0.05) is 31.1 Å². The molecular formula is C35H42N6O5S. The quantitative estimate of drug-likeness (QED) is 0.172. The van der Waals surface area contributed by atoms with E-state index in [-0.39, 0.29) is 34.7 Å². The van der Waals surface area contributed by atoms with Gasteiger partial charge in [0.2, 0.25) is 21.8 Å². The zero-order valence-corrected chi connectivity index (χ0v) is 27.4. The molecule has 3 aromatic carbocycles. The maximum absolute atomic E-state index is 13.7. The lowest BCUT2D eigenvalue weighted by atomic mass is 9.81. The topological polar surface area (TPSA) is 170 Å². The summed E-state index contributed by atoms with van der Waals surface area (Å²) < 4.78 is 28.0. The fourth-order valence-corrected chi connectivity index (χ4v) is 8.25. The van der Waals surface area contributed by atoms with E-state index < -0.39 is 16.1 Å². The van der Waals surface area contributed by atoms with E-state index in [1.54, 1.807) is 34.6 Å². The number of rotatable bonds is 10. The van der Waals surface area contributed by atoms with Crippen molar-refractivity contribution in [1.29, 1.82) is 0 Å². The fraction of sp³-hybridized carbons (Fsp3) is 0.400. The molecule has 0 bridgehead atoms. The van der Waals surface area contributed by atoms with E-state index in [0.717, 1.165) is 60.8 Å². The summed E-state index contributed by atoms with van der Waals surface area (Å²) in [6.45, 7) is 3.65. The number of aromatic nitrogens is 2. The number of nitrogens with two attached hydrogens (primary N) is 1. The number of anilines is 1. The van der Waals surface area contributed by atoms with Crippen molar-refractivity contribution in [2.24, 2.45) is 17.6 Å². The third-order valence-corrected chi connectivity index (χ3v) is 11.5. The standard InChI is InChI=1S/C35H42N6O5S/c1-22-4-14-28(47(45,46)41-16-2-3-17-41)20-29(22)25-9-5-23(6-10-25)18-32(38-33(42)26-11-7-24(21-36)8-12-26)34(43)37-27-13-15-30-31(19-27)40-35(44)39-30/h4-6,9-10,13-15,19-20,24,26,32H,2-3,7-8,11-12,16-18,21,36H2,1H3,(H,37,43)(H,38,42)(H2,39,40,44)/t24?,26?,32-/m0/s1. The molecule has 0 spiro atoms. The summed E-state index contributed by atoms with van der Waals surface area (Å²) in [5.41, 5.74) is 10.7. The number of aromatic amines is 2. The van der Waals surface area contributed by atoms with Gasteiger partial charge in [-0.1, -0.05) is 30.3 Å². The lowest BCUT2D eigenvalue weighted by Gasteiger charge is -2.28. The Kier molecular flexibility index (Phi) is 9.62. The van der Waals surface area contributed by atoms with Crippen LogP contribution >= 0.6 is 0 Å². The molecule has 1 aliphatic carbocycles. The van der Waals surface area contributed by atoms with E-state index >= 15 is 0 Å². The summed E-state index contributed by atoms with van der Waals surface area (Å²) in [6, 6.07) is 17.1. The van der Waals surface area contributed by atoms with Gasteiger partial charge in [-0.2, -0.15) is 4.31 Å². The number of benzene rings is 3. The Balaban J connectivity index is 1.21. The second-order valence-electron chi connectivity index (χ2n) is 12.8. The molecule has 2 fully saturated rings. The van der Waals surface area contributed by atoms with Crippen LogP contribution in [0.25, 0.3) is 22.2 Å². The minimum atomic E-state index is -3.56. The minimum Gasteiger partial charge on any atom is -0.344 e. The van der Waals surface area contributed by atoms with Crippen LogP contribution in [-0.4, -0.2) is 60.2 Å². The molecule has 2 heterocycles. The molecule has 248 valence electrons. The third kappa shape index (κ3) is 7.34. The smallest absolute Gasteiger partial charge is 0.323 e. The van der Waals surface area contributed by atoms with Crippen molar-refractivity contribution < 1.29 is 18.0 Å². The van der Waals surface area contributed by atoms with Crippen molar-refractivity contribution in [3.8, 4) is 11.1 Å². The number of imidazole rings is 1. The molecule has 6 N–H and O–H groups in total. The van der Waals surface area contributed by atoms with E-state index in [9.17, 15) is 22.8 Å². The summed E-state index contributed by atoms with van der Waals surface area (Å²) in [7, 11) is -3.56. The molecular weight excluding hydrogens is 616 g/mol. The predicted octanol–water partition coefficient (Wildman–Crippen LogP) is 4.05. The highest BCUT2D eigenvalue weighted by molar-refractivity contribution is 7.89. The molecule has 0 unspecified atom stereocenters. The Morgan fingerprint density at radius 2 is 1.64 bits per heavy atom. The molecule has 4 aromatic rings. The van der Waals surface area contributed by atoms with Gasteiger partial charge in [0.15, 0.2) is 0 Å². The average Bonchev–Trinajstić information content (AvgIpc) is 3.75. The number of sulfonamides is 1. The van der Waals surface area contributed by atoms with Gasteiger partial charge < -0.3 is 26.3 Å². The monoisotopic (exact) mass is 658 g/mol. The first-order valence-corrected chi connectivity index (χ1v) is 17.8. The van der Waals surface area contributed by atoms with Gasteiger partial charge in [-0.3, -0.25) is 9.59 Å². The first-order chi connectivity index (χ1) is 22.6. The van der Waals surface area contributed by atoms with E-state index in [1.807, 2.05) is 37.3 Å². The molecule has 2 amide bonds. The first kappa shape index (κ1) is 32.7. The number of nitrogens with zero attached hydrogens (tertiary/aromatic N) is 1. The third-order valence-electron chi connectivity index (χ3n) is 9.58. The number of aryl methyl sites for hydroxylation is 1. The van der Waals surface area contributed by atoms with Gasteiger partial charge in [0.05, 0.1) is 15.9 Å². The lowest BCUT2D eigenvalue weighted by molar-refractivity contribution is -0.130. The van der Waals surface area contributed by atoms with Crippen LogP contribution in [0.2, 0.25) is 0 Å². The number of H-pyrrole nitrogens is 2. The SMILES string of the molecule is Cc1ccc(S(=O)(=O)N2CCCC2)cc1-c1ccc(C[C@H](NC(=O)C2CCC(CN)CC2)C(=O)Nc2ccc3[nH]c(=O)[nH]c3c2)cc1. The van der Waals surface area contributed by atoms with Crippen LogP contribution in [0.1, 0.15) is 49.7 Å². The second kappa shape index (κ2) is 13.8. The Morgan fingerprint density at radius 3 is 2.34 bits per heavy atom. The number of amides is 2. The normalized spacial score (nSPS) is 19.4. The fourth-order valence-electron chi connectivity index (χ4n) is 6.71. The molecule has 1 atom stereocenters. The summed E-state index contributed by atoms with van der Waals surface area (Å²) >= 11 is 0. The van der Waals surface area contributed by atoms with Gasteiger partial charge in [0.1, 0.15) is 6.04 Å². The molecule has 1 saturated carbocycles. The Labute approximate surface area is 274 Å². The van der Waals surface area contributed by atoms with Crippen molar-refractivity contribution in [3.63, 3.8) is 0 Å². The largest absolute Gasteiger partial charge is 0.344 e. The van der Waals surface area contributed by atoms with E-state index in [4.69, 9.17) is 5.73 Å². The number of carbonyl (C=O) groups excluding carboxylic acids is 2. The highest BCUT2D eigenvalue weighted by atomic mass is 32.2.